The van der Waals surface area contributed by atoms with Gasteiger partial charge in [0.2, 0.25) is 0 Å². The molecule has 0 aromatic heterocycles. The molecule has 3 rings (SSSR count). The van der Waals surface area contributed by atoms with Gasteiger partial charge in [-0.1, -0.05) is 30.3 Å². The molecule has 1 aliphatic heterocycles. The van der Waals surface area contributed by atoms with Crippen LogP contribution in [0.4, 0.5) is 0 Å². The van der Waals surface area contributed by atoms with Crippen LogP contribution in [0.5, 0.6) is 11.5 Å². The van der Waals surface area contributed by atoms with Crippen LogP contribution in [0.15, 0.2) is 59.1 Å². The highest BCUT2D eigenvalue weighted by Crippen LogP contribution is 2.30. The predicted octanol–water partition coefficient (Wildman–Crippen LogP) is 2.97. The van der Waals surface area contributed by atoms with Gasteiger partial charge in [0.15, 0.2) is 0 Å². The van der Waals surface area contributed by atoms with Gasteiger partial charge in [0.1, 0.15) is 22.2 Å². The number of rotatable bonds is 5. The van der Waals surface area contributed by atoms with Gasteiger partial charge in [0.25, 0.3) is 10.0 Å². The van der Waals surface area contributed by atoms with E-state index in [4.69, 9.17) is 9.47 Å². The van der Waals surface area contributed by atoms with E-state index in [0.717, 1.165) is 5.56 Å². The second kappa shape index (κ2) is 7.21. The number of ether oxygens (including phenoxy) is 2. The number of hydrogen-bond acceptors (Lipinski definition) is 5. The second-order valence-corrected chi connectivity index (χ2v) is 7.39. The van der Waals surface area contributed by atoms with Crippen LogP contribution in [0.25, 0.3) is 4.91 Å². The van der Waals surface area contributed by atoms with Crippen LogP contribution < -0.4 is 14.2 Å². The van der Waals surface area contributed by atoms with Gasteiger partial charge in [-0.25, -0.2) is 8.42 Å². The molecule has 1 heterocycles. The van der Waals surface area contributed by atoms with Gasteiger partial charge in [-0.05, 0) is 24.6 Å². The topological polar surface area (TPSA) is 77.0 Å². The molecule has 0 amide bonds. The number of hydrogen-bond donors (Lipinski definition) is 1. The van der Waals surface area contributed by atoms with E-state index in [1.807, 2.05) is 30.3 Å². The largest absolute Gasteiger partial charge is 0.497 e. The van der Waals surface area contributed by atoms with Gasteiger partial charge in [-0.2, -0.15) is 0 Å². The highest BCUT2D eigenvalue weighted by molar-refractivity contribution is 8.00. The van der Waals surface area contributed by atoms with Crippen LogP contribution in [0.2, 0.25) is 0 Å². The number of aliphatic imine (C=N–C) groups is 1. The maximum Gasteiger partial charge on any atom is 0.264 e. The fourth-order valence-electron chi connectivity index (χ4n) is 2.82. The third kappa shape index (κ3) is 3.43. The molecule has 0 fully saturated rings. The first kappa shape index (κ1) is 18.0. The van der Waals surface area contributed by atoms with Crippen LogP contribution in [-0.2, 0) is 16.6 Å². The Hall–Kier alpha value is -2.80. The van der Waals surface area contributed by atoms with E-state index in [-0.39, 0.29) is 11.4 Å². The quantitative estimate of drug-likeness (QED) is 0.875. The summed E-state index contributed by atoms with van der Waals surface area (Å²) in [6, 6.07) is 14.4. The van der Waals surface area contributed by atoms with E-state index in [9.17, 15) is 8.42 Å². The van der Waals surface area contributed by atoms with E-state index in [0.29, 0.717) is 28.5 Å². The molecule has 26 heavy (non-hydrogen) atoms. The van der Waals surface area contributed by atoms with Crippen molar-refractivity contribution in [1.29, 1.82) is 0 Å². The van der Waals surface area contributed by atoms with Gasteiger partial charge >= 0.3 is 0 Å². The Labute approximate surface area is 153 Å². The normalized spacial score (nSPS) is 17.3. The van der Waals surface area contributed by atoms with Gasteiger partial charge in [-0.15, -0.1) is 0 Å². The summed E-state index contributed by atoms with van der Waals surface area (Å²) in [7, 11) is -0.465. The minimum Gasteiger partial charge on any atom is -0.497 e. The highest BCUT2D eigenvalue weighted by atomic mass is 32.2. The zero-order valence-electron chi connectivity index (χ0n) is 14.8. The lowest BCUT2D eigenvalue weighted by Crippen LogP contribution is -2.23. The molecule has 0 unspecified atom stereocenters. The molecule has 0 bridgehead atoms. The molecule has 0 spiro atoms. The van der Waals surface area contributed by atoms with Crippen molar-refractivity contribution >= 4 is 20.8 Å². The molecular formula is C19H20N2O4S. The third-order valence-corrected chi connectivity index (χ3v) is 5.67. The maximum absolute atomic E-state index is 12.5. The lowest BCUT2D eigenvalue weighted by Gasteiger charge is -2.09. The van der Waals surface area contributed by atoms with E-state index in [1.54, 1.807) is 39.3 Å². The van der Waals surface area contributed by atoms with Crippen LogP contribution in [0, 0.1) is 0 Å². The molecule has 0 saturated heterocycles. The number of benzene rings is 2. The first-order chi connectivity index (χ1) is 12.5. The smallest absolute Gasteiger partial charge is 0.264 e. The zero-order valence-corrected chi connectivity index (χ0v) is 15.6. The van der Waals surface area contributed by atoms with Crippen molar-refractivity contribution in [3.05, 3.63) is 65.2 Å². The number of nitrogens with zero attached hydrogens (tertiary/aromatic N) is 1. The first-order valence-corrected chi connectivity index (χ1v) is 9.49. The molecule has 1 N–H and O–H groups in total. The molecule has 0 radical (unpaired) electrons. The minimum atomic E-state index is -3.62. The summed E-state index contributed by atoms with van der Waals surface area (Å²) in [6.07, 6.45) is 0. The molecule has 0 saturated carbocycles. The van der Waals surface area contributed by atoms with Gasteiger partial charge < -0.3 is 9.47 Å². The van der Waals surface area contributed by atoms with Crippen LogP contribution >= 0.6 is 0 Å². The van der Waals surface area contributed by atoms with Crippen molar-refractivity contribution in [2.24, 2.45) is 4.99 Å². The zero-order chi connectivity index (χ0) is 18.7. The summed E-state index contributed by atoms with van der Waals surface area (Å²) in [4.78, 5) is 4.72. The summed E-state index contributed by atoms with van der Waals surface area (Å²) in [6.45, 7) is 2.04. The number of sulfonamides is 1. The van der Waals surface area contributed by atoms with Crippen molar-refractivity contribution in [2.75, 3.05) is 14.2 Å². The number of methoxy groups -OCH3 is 2. The predicted molar refractivity (Wildman–Crippen MR) is 102 cm³/mol. The SMILES string of the molecule is COc1ccc(CN=C2NS(=O)(=O)C(c3ccccc3)=C2C)c(OC)c1. The first-order valence-electron chi connectivity index (χ1n) is 8.01. The average molecular weight is 372 g/mol. The third-order valence-electron chi connectivity index (χ3n) is 4.13. The fourth-order valence-corrected chi connectivity index (χ4v) is 4.34. The molecule has 6 nitrogen and oxygen atoms in total. The van der Waals surface area contributed by atoms with Gasteiger partial charge in [0, 0.05) is 17.2 Å². The molecule has 0 atom stereocenters. The summed E-state index contributed by atoms with van der Waals surface area (Å²) in [5.74, 6) is 1.67. The van der Waals surface area contributed by atoms with Crippen molar-refractivity contribution in [3.63, 3.8) is 0 Å². The van der Waals surface area contributed by atoms with E-state index in [1.165, 1.54) is 0 Å². The lowest BCUT2D eigenvalue weighted by molar-refractivity contribution is 0.391. The molecule has 2 aromatic carbocycles. The summed E-state index contributed by atoms with van der Waals surface area (Å²) in [5.41, 5.74) is 2.08. The maximum atomic E-state index is 12.5. The molecule has 136 valence electrons. The fraction of sp³-hybridized carbons (Fsp3) is 0.211. The average Bonchev–Trinajstić information content (AvgIpc) is 2.88. The van der Waals surface area contributed by atoms with Gasteiger partial charge in [0.05, 0.1) is 20.8 Å². The highest BCUT2D eigenvalue weighted by Gasteiger charge is 2.32. The Kier molecular flexibility index (Phi) is 4.99. The van der Waals surface area contributed by atoms with Crippen LogP contribution in [0.1, 0.15) is 18.1 Å². The Balaban J connectivity index is 1.95. The van der Waals surface area contributed by atoms with Crippen LogP contribution in [0.3, 0.4) is 0 Å². The number of amidine groups is 1. The molecule has 7 heteroatoms. The molecule has 0 aliphatic carbocycles. The Morgan fingerprint density at radius 3 is 2.42 bits per heavy atom. The monoisotopic (exact) mass is 372 g/mol. The minimum absolute atomic E-state index is 0.263. The summed E-state index contributed by atoms with van der Waals surface area (Å²) < 4.78 is 38.1. The van der Waals surface area contributed by atoms with Crippen molar-refractivity contribution < 1.29 is 17.9 Å². The Morgan fingerprint density at radius 1 is 1.04 bits per heavy atom. The molecule has 2 aromatic rings. The summed E-state index contributed by atoms with van der Waals surface area (Å²) >= 11 is 0. The van der Waals surface area contributed by atoms with E-state index < -0.39 is 10.0 Å². The van der Waals surface area contributed by atoms with Crippen molar-refractivity contribution in [1.82, 2.24) is 4.72 Å². The number of nitrogens with one attached hydrogen (secondary N) is 1. The molecule has 1 aliphatic rings. The second-order valence-electron chi connectivity index (χ2n) is 5.77. The summed E-state index contributed by atoms with van der Waals surface area (Å²) in [5, 5.41) is 0. The Bertz CT molecular complexity index is 980. The van der Waals surface area contributed by atoms with Crippen molar-refractivity contribution in [3.8, 4) is 11.5 Å². The Morgan fingerprint density at radius 2 is 1.77 bits per heavy atom. The van der Waals surface area contributed by atoms with Crippen LogP contribution in [-0.4, -0.2) is 28.5 Å². The van der Waals surface area contributed by atoms with E-state index >= 15 is 0 Å². The standard InChI is InChI=1S/C19H20N2O4S/c1-13-18(14-7-5-4-6-8-14)26(22,23)21-19(13)20-12-15-9-10-16(24-2)11-17(15)25-3/h4-11H,12H2,1-3H3,(H,20,21). The van der Waals surface area contributed by atoms with Gasteiger partial charge in [-0.3, -0.25) is 9.71 Å². The lowest BCUT2D eigenvalue weighted by atomic mass is 10.1. The van der Waals surface area contributed by atoms with Crippen molar-refractivity contribution in [2.45, 2.75) is 13.5 Å². The molecular weight excluding hydrogens is 352 g/mol. The van der Waals surface area contributed by atoms with E-state index in [2.05, 4.69) is 9.71 Å².